The van der Waals surface area contributed by atoms with Crippen LogP contribution in [0, 0.1) is 10.1 Å². The highest BCUT2D eigenvalue weighted by Gasteiger charge is 2.30. The predicted octanol–water partition coefficient (Wildman–Crippen LogP) is 1.28. The molecule has 1 rings (SSSR count). The molecule has 0 fully saturated rings. The van der Waals surface area contributed by atoms with Crippen LogP contribution in [0.3, 0.4) is 0 Å². The van der Waals surface area contributed by atoms with Gasteiger partial charge in [-0.15, -0.1) is 0 Å². The van der Waals surface area contributed by atoms with E-state index in [0.29, 0.717) is 28.5 Å². The maximum absolute atomic E-state index is 10.5. The van der Waals surface area contributed by atoms with E-state index in [2.05, 4.69) is 0 Å². The number of carboxylic acids is 1. The van der Waals surface area contributed by atoms with Crippen molar-refractivity contribution in [1.29, 1.82) is 0 Å². The van der Waals surface area contributed by atoms with Gasteiger partial charge in [-0.3, -0.25) is 14.9 Å². The van der Waals surface area contributed by atoms with Gasteiger partial charge in [0.05, 0.1) is 0 Å². The lowest BCUT2D eigenvalue weighted by molar-refractivity contribution is -0.484. The number of nitro groups is 1. The fourth-order valence-electron chi connectivity index (χ4n) is 0.937. The van der Waals surface area contributed by atoms with E-state index in [9.17, 15) is 19.7 Å². The van der Waals surface area contributed by atoms with Crippen LogP contribution in [0.2, 0.25) is 0 Å². The third-order valence-corrected chi connectivity index (χ3v) is 2.81. The van der Waals surface area contributed by atoms with Crippen LogP contribution in [-0.4, -0.2) is 27.7 Å². The molecule has 0 aliphatic heterocycles. The van der Waals surface area contributed by atoms with E-state index in [1.54, 1.807) is 0 Å². The average molecular weight is 241 g/mol. The Kier molecular flexibility index (Phi) is 4.01. The van der Waals surface area contributed by atoms with Crippen LogP contribution in [0.25, 0.3) is 0 Å². The Morgan fingerprint density at radius 2 is 2.00 bits per heavy atom. The van der Waals surface area contributed by atoms with Gasteiger partial charge in [-0.25, -0.2) is 4.79 Å². The minimum atomic E-state index is -1.73. The molecule has 1 N–H and O–H groups in total. The minimum Gasteiger partial charge on any atom is -0.475 e. The standard InChI is InChI=1S/C9H7NO5S/c11-5-6-1-3-7(4-2-6)16-8(9(12)13)10(14)15/h1-5,8H,(H,12,13). The van der Waals surface area contributed by atoms with Crippen LogP contribution in [-0.2, 0) is 4.79 Å². The monoisotopic (exact) mass is 241 g/mol. The van der Waals surface area contributed by atoms with Gasteiger partial charge in [0, 0.05) is 15.4 Å². The van der Waals surface area contributed by atoms with Crippen molar-refractivity contribution in [2.24, 2.45) is 0 Å². The highest BCUT2D eigenvalue weighted by molar-refractivity contribution is 8.00. The number of rotatable bonds is 5. The summed E-state index contributed by atoms with van der Waals surface area (Å²) in [6.07, 6.45) is 0.636. The molecule has 0 spiro atoms. The summed E-state index contributed by atoms with van der Waals surface area (Å²) in [5.41, 5.74) is 0.428. The van der Waals surface area contributed by atoms with Crippen LogP contribution in [0.15, 0.2) is 29.2 Å². The molecule has 0 aliphatic rings. The molecule has 0 heterocycles. The van der Waals surface area contributed by atoms with Crippen molar-refractivity contribution in [3.63, 3.8) is 0 Å². The number of benzene rings is 1. The Bertz CT molecular complexity index is 402. The van der Waals surface area contributed by atoms with Crippen molar-refractivity contribution >= 4 is 24.0 Å². The lowest BCUT2D eigenvalue weighted by atomic mass is 10.2. The first kappa shape index (κ1) is 12.2. The van der Waals surface area contributed by atoms with Crippen LogP contribution in [0.5, 0.6) is 0 Å². The third kappa shape index (κ3) is 3.06. The van der Waals surface area contributed by atoms with Gasteiger partial charge >= 0.3 is 11.3 Å². The van der Waals surface area contributed by atoms with E-state index in [1.807, 2.05) is 0 Å². The maximum atomic E-state index is 10.5. The van der Waals surface area contributed by atoms with E-state index in [4.69, 9.17) is 5.11 Å². The molecule has 6 nitrogen and oxygen atoms in total. The normalized spacial score (nSPS) is 11.8. The van der Waals surface area contributed by atoms with Gasteiger partial charge in [0.1, 0.15) is 6.29 Å². The Hall–Kier alpha value is -1.89. The zero-order chi connectivity index (χ0) is 12.1. The summed E-state index contributed by atoms with van der Waals surface area (Å²) in [5.74, 6) is -1.51. The number of carboxylic acid groups (broad SMARTS) is 1. The van der Waals surface area contributed by atoms with Gasteiger partial charge < -0.3 is 5.11 Å². The Morgan fingerprint density at radius 3 is 2.38 bits per heavy atom. The molecule has 0 radical (unpaired) electrons. The quantitative estimate of drug-likeness (QED) is 0.274. The minimum absolute atomic E-state index is 0.426. The zero-order valence-electron chi connectivity index (χ0n) is 7.90. The maximum Gasteiger partial charge on any atom is 0.390 e. The van der Waals surface area contributed by atoms with Crippen molar-refractivity contribution in [3.8, 4) is 0 Å². The van der Waals surface area contributed by atoms with Gasteiger partial charge in [0.25, 0.3) is 0 Å². The number of thioether (sulfide) groups is 1. The topological polar surface area (TPSA) is 97.5 Å². The molecule has 1 aromatic carbocycles. The lowest BCUT2D eigenvalue weighted by Crippen LogP contribution is -2.25. The number of hydrogen-bond acceptors (Lipinski definition) is 5. The lowest BCUT2D eigenvalue weighted by Gasteiger charge is -2.04. The second kappa shape index (κ2) is 5.26. The van der Waals surface area contributed by atoms with E-state index >= 15 is 0 Å². The van der Waals surface area contributed by atoms with Gasteiger partial charge in [0.15, 0.2) is 0 Å². The number of carbonyl (C=O) groups excluding carboxylic acids is 1. The summed E-state index contributed by atoms with van der Waals surface area (Å²) in [7, 11) is 0. The first-order valence-corrected chi connectivity index (χ1v) is 5.00. The highest BCUT2D eigenvalue weighted by atomic mass is 32.2. The summed E-state index contributed by atoms with van der Waals surface area (Å²) in [6.45, 7) is 0. The summed E-state index contributed by atoms with van der Waals surface area (Å²) in [5, 5.41) is 17.3. The summed E-state index contributed by atoms with van der Waals surface area (Å²) in [4.78, 5) is 30.9. The van der Waals surface area contributed by atoms with E-state index in [1.165, 1.54) is 24.3 Å². The van der Waals surface area contributed by atoms with Crippen molar-refractivity contribution in [2.45, 2.75) is 10.3 Å². The Labute approximate surface area is 94.4 Å². The number of nitrogens with zero attached hydrogens (tertiary/aromatic N) is 1. The fraction of sp³-hybridized carbons (Fsp3) is 0.111. The highest BCUT2D eigenvalue weighted by Crippen LogP contribution is 2.23. The number of carbonyl (C=O) groups is 2. The van der Waals surface area contributed by atoms with Crippen LogP contribution < -0.4 is 0 Å². The van der Waals surface area contributed by atoms with E-state index < -0.39 is 16.3 Å². The molecule has 0 saturated carbocycles. The smallest absolute Gasteiger partial charge is 0.390 e. The molecule has 7 heteroatoms. The predicted molar refractivity (Wildman–Crippen MR) is 56.1 cm³/mol. The number of aldehydes is 1. The van der Waals surface area contributed by atoms with Crippen molar-refractivity contribution < 1.29 is 19.6 Å². The molecule has 84 valence electrons. The first-order chi connectivity index (χ1) is 7.54. The fourth-order valence-corrected chi connectivity index (χ4v) is 1.68. The van der Waals surface area contributed by atoms with E-state index in [-0.39, 0.29) is 0 Å². The molecule has 16 heavy (non-hydrogen) atoms. The van der Waals surface area contributed by atoms with Gasteiger partial charge in [-0.2, -0.15) is 0 Å². The van der Waals surface area contributed by atoms with Crippen molar-refractivity contribution in [2.75, 3.05) is 0 Å². The largest absolute Gasteiger partial charge is 0.475 e. The molecule has 1 aromatic rings. The van der Waals surface area contributed by atoms with Crippen LogP contribution in [0.1, 0.15) is 10.4 Å². The molecule has 1 unspecified atom stereocenters. The SMILES string of the molecule is O=Cc1ccc(SC(C(=O)O)[N+](=O)[O-])cc1. The molecule has 0 saturated heterocycles. The van der Waals surface area contributed by atoms with Gasteiger partial charge in [0.2, 0.25) is 0 Å². The average Bonchev–Trinajstić information content (AvgIpc) is 2.25. The second-order valence-corrected chi connectivity index (χ2v) is 3.93. The van der Waals surface area contributed by atoms with Gasteiger partial charge in [-0.1, -0.05) is 12.1 Å². The van der Waals surface area contributed by atoms with Crippen molar-refractivity contribution in [3.05, 3.63) is 39.9 Å². The summed E-state index contributed by atoms with van der Waals surface area (Å²) >= 11 is 0.610. The molecular formula is C9H7NO5S. The van der Waals surface area contributed by atoms with Gasteiger partial charge in [-0.05, 0) is 23.9 Å². The number of aliphatic carboxylic acids is 1. The number of hydrogen-bond donors (Lipinski definition) is 1. The first-order valence-electron chi connectivity index (χ1n) is 4.13. The summed E-state index contributed by atoms with van der Waals surface area (Å²) < 4.78 is 0. The summed E-state index contributed by atoms with van der Waals surface area (Å²) in [6, 6.07) is 5.87. The van der Waals surface area contributed by atoms with Crippen LogP contribution in [0.4, 0.5) is 0 Å². The molecule has 0 bridgehead atoms. The Balaban J connectivity index is 2.81. The van der Waals surface area contributed by atoms with Crippen LogP contribution >= 0.6 is 11.8 Å². The molecule has 0 amide bonds. The molecule has 1 atom stereocenters. The molecular weight excluding hydrogens is 234 g/mol. The second-order valence-electron chi connectivity index (χ2n) is 2.78. The Morgan fingerprint density at radius 1 is 1.44 bits per heavy atom. The third-order valence-electron chi connectivity index (χ3n) is 1.67. The van der Waals surface area contributed by atoms with Crippen molar-refractivity contribution in [1.82, 2.24) is 0 Å². The van der Waals surface area contributed by atoms with E-state index in [0.717, 1.165) is 0 Å². The zero-order valence-corrected chi connectivity index (χ0v) is 8.72. The molecule has 0 aliphatic carbocycles. The molecule has 0 aromatic heterocycles.